The van der Waals surface area contributed by atoms with Crippen molar-refractivity contribution in [1.82, 2.24) is 19.9 Å². The van der Waals surface area contributed by atoms with Gasteiger partial charge in [0.15, 0.2) is 0 Å². The summed E-state index contributed by atoms with van der Waals surface area (Å²) >= 11 is 1.31. The van der Waals surface area contributed by atoms with Crippen LogP contribution in [-0.4, -0.2) is 33.1 Å². The topological polar surface area (TPSA) is 79.6 Å². The molecule has 0 bridgehead atoms. The molecule has 29 heavy (non-hydrogen) atoms. The van der Waals surface area contributed by atoms with Crippen molar-refractivity contribution in [2.75, 3.05) is 11.4 Å². The molecule has 8 heteroatoms. The first-order valence-corrected chi connectivity index (χ1v) is 11.0. The van der Waals surface area contributed by atoms with Gasteiger partial charge in [0.2, 0.25) is 16.0 Å². The molecule has 1 N–H and O–H groups in total. The minimum absolute atomic E-state index is 0.0352. The van der Waals surface area contributed by atoms with Crippen LogP contribution >= 0.6 is 11.3 Å². The van der Waals surface area contributed by atoms with E-state index in [9.17, 15) is 9.59 Å². The van der Waals surface area contributed by atoms with Gasteiger partial charge in [-0.2, -0.15) is 4.52 Å². The zero-order chi connectivity index (χ0) is 20.0. The maximum atomic E-state index is 13.6. The van der Waals surface area contributed by atoms with E-state index in [-0.39, 0.29) is 23.6 Å². The van der Waals surface area contributed by atoms with Crippen LogP contribution in [-0.2, 0) is 11.2 Å². The van der Waals surface area contributed by atoms with Gasteiger partial charge in [0.05, 0.1) is 12.1 Å². The van der Waals surface area contributed by atoms with Crippen molar-refractivity contribution in [3.63, 3.8) is 0 Å². The highest BCUT2D eigenvalue weighted by atomic mass is 32.1. The van der Waals surface area contributed by atoms with Crippen LogP contribution in [0.1, 0.15) is 48.5 Å². The summed E-state index contributed by atoms with van der Waals surface area (Å²) in [5.41, 5.74) is 2.91. The van der Waals surface area contributed by atoms with Crippen LogP contribution in [0.3, 0.4) is 0 Å². The molecule has 1 aliphatic carbocycles. The molecule has 3 aromatic rings. The van der Waals surface area contributed by atoms with Crippen LogP contribution in [0.5, 0.6) is 0 Å². The molecule has 1 amide bonds. The van der Waals surface area contributed by atoms with E-state index in [0.29, 0.717) is 15.8 Å². The molecule has 1 unspecified atom stereocenters. The van der Waals surface area contributed by atoms with Crippen LogP contribution in [0.15, 0.2) is 35.1 Å². The van der Waals surface area contributed by atoms with E-state index >= 15 is 0 Å². The average molecular weight is 410 g/mol. The number of hydrogen-bond acceptors (Lipinski definition) is 6. The lowest BCUT2D eigenvalue weighted by atomic mass is 9.86. The van der Waals surface area contributed by atoms with Gasteiger partial charge in [0.1, 0.15) is 0 Å². The fraction of sp³-hybridized carbons (Fsp3) is 0.429. The smallest absolute Gasteiger partial charge is 0.275 e. The number of fused-ring (bicyclic) bond motifs is 2. The second kappa shape index (κ2) is 7.35. The normalized spacial score (nSPS) is 21.3. The first kappa shape index (κ1) is 18.4. The van der Waals surface area contributed by atoms with Crippen molar-refractivity contribution in [2.45, 2.75) is 51.1 Å². The Morgan fingerprint density at radius 2 is 2.14 bits per heavy atom. The summed E-state index contributed by atoms with van der Waals surface area (Å²) in [6.07, 6.45) is 4.74. The zero-order valence-corrected chi connectivity index (χ0v) is 17.1. The number of nitrogens with one attached hydrogen (secondary N) is 1. The average Bonchev–Trinajstić information content (AvgIpc) is 3.38. The van der Waals surface area contributed by atoms with Gasteiger partial charge in [-0.1, -0.05) is 35.6 Å². The summed E-state index contributed by atoms with van der Waals surface area (Å²) in [4.78, 5) is 32.8. The molecule has 2 aliphatic rings. The molecule has 1 fully saturated rings. The number of carbonyl (C=O) groups excluding carboxylic acids is 1. The SMILES string of the molecule is Cc1cc(=O)n2nc(N(C(=O)C3CCCN3)[C@@H]3CCCc4ccccc43)sc2n1. The van der Waals surface area contributed by atoms with Crippen LogP contribution in [0.25, 0.3) is 4.96 Å². The zero-order valence-electron chi connectivity index (χ0n) is 16.3. The molecule has 0 spiro atoms. The summed E-state index contributed by atoms with van der Waals surface area (Å²) in [6, 6.07) is 9.53. The van der Waals surface area contributed by atoms with Crippen molar-refractivity contribution in [2.24, 2.45) is 0 Å². The number of aryl methyl sites for hydroxylation is 2. The highest BCUT2D eigenvalue weighted by molar-refractivity contribution is 7.20. The number of hydrogen-bond donors (Lipinski definition) is 1. The van der Waals surface area contributed by atoms with Crippen molar-refractivity contribution < 1.29 is 4.79 Å². The van der Waals surface area contributed by atoms with Gasteiger partial charge < -0.3 is 5.32 Å². The maximum Gasteiger partial charge on any atom is 0.275 e. The summed E-state index contributed by atoms with van der Waals surface area (Å²) < 4.78 is 1.31. The van der Waals surface area contributed by atoms with E-state index in [1.54, 1.807) is 6.92 Å². The lowest BCUT2D eigenvalue weighted by molar-refractivity contribution is -0.120. The number of benzene rings is 1. The van der Waals surface area contributed by atoms with Gasteiger partial charge in [-0.3, -0.25) is 14.5 Å². The number of anilines is 1. The van der Waals surface area contributed by atoms with E-state index in [4.69, 9.17) is 0 Å². The number of rotatable bonds is 3. The third-order valence-corrected chi connectivity index (χ3v) is 6.72. The van der Waals surface area contributed by atoms with E-state index < -0.39 is 0 Å². The van der Waals surface area contributed by atoms with Crippen LogP contribution in [0, 0.1) is 6.92 Å². The van der Waals surface area contributed by atoms with Crippen molar-refractivity contribution in [3.05, 3.63) is 57.5 Å². The van der Waals surface area contributed by atoms with Gasteiger partial charge in [-0.25, -0.2) is 4.98 Å². The van der Waals surface area contributed by atoms with Crippen molar-refractivity contribution in [1.29, 1.82) is 0 Å². The molecule has 1 saturated heterocycles. The molecular formula is C21H23N5O2S. The highest BCUT2D eigenvalue weighted by Crippen LogP contribution is 2.39. The summed E-state index contributed by atoms with van der Waals surface area (Å²) in [7, 11) is 0. The molecule has 2 atom stereocenters. The van der Waals surface area contributed by atoms with E-state index in [0.717, 1.165) is 38.6 Å². The first-order valence-electron chi connectivity index (χ1n) is 10.1. The first-order chi connectivity index (χ1) is 14.1. The molecule has 1 aromatic carbocycles. The Bertz CT molecular complexity index is 1130. The Hall–Kier alpha value is -2.58. The molecule has 0 saturated carbocycles. The van der Waals surface area contributed by atoms with E-state index in [1.807, 2.05) is 11.0 Å². The van der Waals surface area contributed by atoms with Gasteiger partial charge in [0.25, 0.3) is 5.56 Å². The second-order valence-electron chi connectivity index (χ2n) is 7.78. The van der Waals surface area contributed by atoms with Crippen molar-refractivity contribution in [3.8, 4) is 0 Å². The molecule has 7 nitrogen and oxygen atoms in total. The standard InChI is InChI=1S/C21H23N5O2S/c1-13-12-18(27)26-20(23-13)29-21(24-26)25(19(28)16-9-5-11-22-16)17-10-4-7-14-6-2-3-8-15(14)17/h2-3,6,8,12,16-17,22H,4-5,7,9-11H2,1H3/t16?,17-/m1/s1. The second-order valence-corrected chi connectivity index (χ2v) is 8.71. The Morgan fingerprint density at radius 1 is 1.28 bits per heavy atom. The minimum Gasteiger partial charge on any atom is -0.306 e. The third-order valence-electron chi connectivity index (χ3n) is 5.81. The maximum absolute atomic E-state index is 13.6. The molecule has 5 rings (SSSR count). The lowest BCUT2D eigenvalue weighted by Crippen LogP contribution is -2.46. The van der Waals surface area contributed by atoms with Crippen LogP contribution in [0.4, 0.5) is 5.13 Å². The van der Waals surface area contributed by atoms with E-state index in [2.05, 4.69) is 33.6 Å². The Kier molecular flexibility index (Phi) is 4.67. The number of nitrogens with zero attached hydrogens (tertiary/aromatic N) is 4. The molecule has 150 valence electrons. The Morgan fingerprint density at radius 3 is 2.97 bits per heavy atom. The monoisotopic (exact) mass is 409 g/mol. The van der Waals surface area contributed by atoms with Gasteiger partial charge in [-0.05, 0) is 56.7 Å². The summed E-state index contributed by atoms with van der Waals surface area (Å²) in [5, 5.41) is 8.40. The Balaban J connectivity index is 1.65. The lowest BCUT2D eigenvalue weighted by Gasteiger charge is -2.35. The molecule has 2 aromatic heterocycles. The summed E-state index contributed by atoms with van der Waals surface area (Å²) in [6.45, 7) is 2.65. The molecule has 3 heterocycles. The van der Waals surface area contributed by atoms with Gasteiger partial charge >= 0.3 is 0 Å². The molecule has 0 radical (unpaired) electrons. The molecular weight excluding hydrogens is 386 g/mol. The fourth-order valence-corrected chi connectivity index (χ4v) is 5.46. The Labute approximate surface area is 172 Å². The van der Waals surface area contributed by atoms with E-state index in [1.165, 1.54) is 33.0 Å². The third kappa shape index (κ3) is 3.26. The fourth-order valence-electron chi connectivity index (χ4n) is 4.45. The summed E-state index contributed by atoms with van der Waals surface area (Å²) in [5.74, 6) is 0.0352. The van der Waals surface area contributed by atoms with Crippen molar-refractivity contribution >= 4 is 27.3 Å². The van der Waals surface area contributed by atoms with Gasteiger partial charge in [0, 0.05) is 11.8 Å². The number of amides is 1. The van der Waals surface area contributed by atoms with Gasteiger partial charge in [-0.15, -0.1) is 5.10 Å². The number of carbonyl (C=O) groups is 1. The van der Waals surface area contributed by atoms with Crippen LogP contribution < -0.4 is 15.8 Å². The highest BCUT2D eigenvalue weighted by Gasteiger charge is 2.37. The number of aromatic nitrogens is 3. The quantitative estimate of drug-likeness (QED) is 0.719. The molecule has 1 aliphatic heterocycles. The largest absolute Gasteiger partial charge is 0.306 e. The van der Waals surface area contributed by atoms with Crippen LogP contribution in [0.2, 0.25) is 0 Å². The predicted molar refractivity (Wildman–Crippen MR) is 113 cm³/mol. The predicted octanol–water partition coefficient (Wildman–Crippen LogP) is 2.62. The minimum atomic E-state index is -0.217.